The lowest BCUT2D eigenvalue weighted by Gasteiger charge is -2.42. The van der Waals surface area contributed by atoms with Crippen molar-refractivity contribution >= 4 is 17.0 Å². The molecule has 35 heavy (non-hydrogen) atoms. The van der Waals surface area contributed by atoms with Crippen LogP contribution in [0.5, 0.6) is 0 Å². The molecule has 4 aromatic rings. The summed E-state index contributed by atoms with van der Waals surface area (Å²) in [5, 5.41) is 17.2. The van der Waals surface area contributed by atoms with E-state index in [1.54, 1.807) is 0 Å². The van der Waals surface area contributed by atoms with E-state index in [1.807, 2.05) is 12.3 Å². The van der Waals surface area contributed by atoms with Crippen molar-refractivity contribution in [1.82, 2.24) is 25.1 Å². The summed E-state index contributed by atoms with van der Waals surface area (Å²) in [4.78, 5) is 26.2. The van der Waals surface area contributed by atoms with E-state index in [1.165, 1.54) is 11.1 Å². The Morgan fingerprint density at radius 3 is 2.69 bits per heavy atom. The van der Waals surface area contributed by atoms with Crippen molar-refractivity contribution in [1.29, 1.82) is 5.26 Å². The van der Waals surface area contributed by atoms with Gasteiger partial charge in [-0.1, -0.05) is 24.3 Å². The molecule has 1 aromatic carbocycles. The minimum Gasteiger partial charge on any atom is -0.353 e. The maximum absolute atomic E-state index is 13.3. The molecule has 3 aliphatic rings. The number of piperidine rings is 1. The SMILES string of the molecule is N#Cc1cc(C2(c3[nH]nc4nc(N5CCC6(CC5)Cc5ccccc5[C@H]6N)[nH]c(=O)c34)CC2)c[nH]1. The van der Waals surface area contributed by atoms with Gasteiger partial charge in [0.05, 0.1) is 5.69 Å². The summed E-state index contributed by atoms with van der Waals surface area (Å²) < 4.78 is 0. The molecule has 1 spiro atoms. The molecule has 0 amide bonds. The van der Waals surface area contributed by atoms with Crippen molar-refractivity contribution < 1.29 is 0 Å². The molecule has 2 aliphatic carbocycles. The number of anilines is 1. The van der Waals surface area contributed by atoms with Crippen LogP contribution in [0.4, 0.5) is 5.95 Å². The molecule has 7 rings (SSSR count). The van der Waals surface area contributed by atoms with Gasteiger partial charge in [-0.3, -0.25) is 14.9 Å². The monoisotopic (exact) mass is 466 g/mol. The molecule has 1 saturated carbocycles. The number of nitrogens with zero attached hydrogens (tertiary/aromatic N) is 4. The number of aromatic nitrogens is 5. The van der Waals surface area contributed by atoms with Gasteiger partial charge in [0, 0.05) is 30.7 Å². The Balaban J connectivity index is 1.17. The van der Waals surface area contributed by atoms with Gasteiger partial charge in [-0.05, 0) is 60.3 Å². The first-order chi connectivity index (χ1) is 17.0. The lowest BCUT2D eigenvalue weighted by molar-refractivity contribution is 0.187. The molecule has 0 radical (unpaired) electrons. The van der Waals surface area contributed by atoms with Crippen molar-refractivity contribution in [2.45, 2.75) is 43.6 Å². The van der Waals surface area contributed by atoms with Crippen LogP contribution in [0.1, 0.15) is 59.8 Å². The molecule has 0 unspecified atom stereocenters. The molecule has 176 valence electrons. The number of nitrogens with one attached hydrogen (secondary N) is 3. The highest BCUT2D eigenvalue weighted by molar-refractivity contribution is 5.80. The number of rotatable bonds is 3. The second-order valence-corrected chi connectivity index (χ2v) is 10.4. The van der Waals surface area contributed by atoms with Crippen molar-refractivity contribution in [2.75, 3.05) is 18.0 Å². The average Bonchev–Trinajstić information content (AvgIpc) is 3.23. The van der Waals surface area contributed by atoms with Gasteiger partial charge in [-0.15, -0.1) is 0 Å². The van der Waals surface area contributed by atoms with Crippen LogP contribution in [0.2, 0.25) is 0 Å². The average molecular weight is 467 g/mol. The summed E-state index contributed by atoms with van der Waals surface area (Å²) in [6, 6.07) is 12.5. The van der Waals surface area contributed by atoms with Crippen LogP contribution in [0.25, 0.3) is 11.0 Å². The molecule has 3 aromatic heterocycles. The summed E-state index contributed by atoms with van der Waals surface area (Å²) in [7, 11) is 0. The first-order valence-corrected chi connectivity index (χ1v) is 12.2. The fourth-order valence-corrected chi connectivity index (χ4v) is 6.43. The molecule has 1 aliphatic heterocycles. The number of hydrogen-bond donors (Lipinski definition) is 4. The van der Waals surface area contributed by atoms with E-state index in [0.29, 0.717) is 22.7 Å². The summed E-state index contributed by atoms with van der Waals surface area (Å²) >= 11 is 0. The number of nitriles is 1. The topological polar surface area (TPSA) is 143 Å². The maximum atomic E-state index is 13.3. The number of benzene rings is 1. The molecule has 9 heteroatoms. The van der Waals surface area contributed by atoms with E-state index in [9.17, 15) is 10.1 Å². The lowest BCUT2D eigenvalue weighted by Crippen LogP contribution is -2.45. The second-order valence-electron chi connectivity index (χ2n) is 10.4. The van der Waals surface area contributed by atoms with Crippen LogP contribution in [0.3, 0.4) is 0 Å². The zero-order chi connectivity index (χ0) is 23.8. The minimum absolute atomic E-state index is 0.0500. The lowest BCUT2D eigenvalue weighted by atomic mass is 9.73. The zero-order valence-electron chi connectivity index (χ0n) is 19.3. The Morgan fingerprint density at radius 1 is 1.17 bits per heavy atom. The van der Waals surface area contributed by atoms with Gasteiger partial charge in [-0.2, -0.15) is 15.3 Å². The van der Waals surface area contributed by atoms with Gasteiger partial charge in [0.2, 0.25) is 5.95 Å². The van der Waals surface area contributed by atoms with E-state index >= 15 is 0 Å². The third kappa shape index (κ3) is 2.86. The number of fused-ring (bicyclic) bond motifs is 2. The third-order valence-electron chi connectivity index (χ3n) is 8.65. The highest BCUT2D eigenvalue weighted by atomic mass is 16.1. The van der Waals surface area contributed by atoms with E-state index in [4.69, 9.17) is 10.7 Å². The van der Waals surface area contributed by atoms with Crippen molar-refractivity contribution in [3.05, 3.63) is 75.0 Å². The van der Waals surface area contributed by atoms with Crippen molar-refractivity contribution in [2.24, 2.45) is 11.1 Å². The van der Waals surface area contributed by atoms with Crippen LogP contribution < -0.4 is 16.2 Å². The highest BCUT2D eigenvalue weighted by Crippen LogP contribution is 2.54. The molecule has 0 bridgehead atoms. The first-order valence-electron chi connectivity index (χ1n) is 12.2. The van der Waals surface area contributed by atoms with E-state index < -0.39 is 0 Å². The zero-order valence-corrected chi connectivity index (χ0v) is 19.3. The Morgan fingerprint density at radius 2 is 1.97 bits per heavy atom. The fraction of sp³-hybridized carbons (Fsp3) is 0.385. The first kappa shape index (κ1) is 20.5. The number of nitrogens with two attached hydrogens (primary N) is 1. The molecular formula is C26H26N8O. The molecule has 5 N–H and O–H groups in total. The van der Waals surface area contributed by atoms with E-state index in [-0.39, 0.29) is 22.4 Å². The molecule has 4 heterocycles. The Labute approximate surface area is 201 Å². The van der Waals surface area contributed by atoms with E-state index in [0.717, 1.165) is 56.5 Å². The van der Waals surface area contributed by atoms with Crippen molar-refractivity contribution in [3.63, 3.8) is 0 Å². The van der Waals surface area contributed by atoms with Gasteiger partial charge in [0.25, 0.3) is 5.56 Å². The Hall–Kier alpha value is -3.90. The smallest absolute Gasteiger partial charge is 0.263 e. The number of H-pyrrole nitrogens is 3. The highest BCUT2D eigenvalue weighted by Gasteiger charge is 2.50. The van der Waals surface area contributed by atoms with E-state index in [2.05, 4.69) is 55.4 Å². The van der Waals surface area contributed by atoms with Crippen LogP contribution in [-0.2, 0) is 11.8 Å². The summed E-state index contributed by atoms with van der Waals surface area (Å²) in [6.45, 7) is 1.58. The third-order valence-corrected chi connectivity index (χ3v) is 8.65. The maximum Gasteiger partial charge on any atom is 0.263 e. The standard InChI is InChI=1S/C26H26N8O/c27-13-17-11-16(14-29-17)26(5-6-26)21-19-22(33-32-21)30-24(31-23(19)35)34-9-7-25(8-10-34)12-15-3-1-2-4-18(15)20(25)28/h1-4,11,14,20,29H,5-10,12,28H2,(H2,30,31,32,33,35)/t20-/m1/s1. The summed E-state index contributed by atoms with van der Waals surface area (Å²) in [6.07, 6.45) is 6.56. The van der Waals surface area contributed by atoms with Crippen LogP contribution >= 0.6 is 0 Å². The van der Waals surface area contributed by atoms with Gasteiger partial charge in [0.1, 0.15) is 17.1 Å². The Bertz CT molecular complexity index is 1560. The predicted octanol–water partition coefficient (Wildman–Crippen LogP) is 2.77. The minimum atomic E-state index is -0.318. The van der Waals surface area contributed by atoms with Crippen molar-refractivity contribution in [3.8, 4) is 6.07 Å². The molecule has 1 saturated heterocycles. The molecular weight excluding hydrogens is 440 g/mol. The van der Waals surface area contributed by atoms with Crippen LogP contribution in [0, 0.1) is 16.7 Å². The fourth-order valence-electron chi connectivity index (χ4n) is 6.43. The van der Waals surface area contributed by atoms with Gasteiger partial charge < -0.3 is 15.6 Å². The van der Waals surface area contributed by atoms with Gasteiger partial charge in [0.15, 0.2) is 5.65 Å². The van der Waals surface area contributed by atoms with Crippen LogP contribution in [0.15, 0.2) is 41.3 Å². The Kier molecular flexibility index (Phi) is 4.13. The predicted molar refractivity (Wildman–Crippen MR) is 131 cm³/mol. The molecule has 9 nitrogen and oxygen atoms in total. The molecule has 2 fully saturated rings. The normalized spacial score (nSPS) is 21.8. The quantitative estimate of drug-likeness (QED) is 0.366. The molecule has 1 atom stereocenters. The van der Waals surface area contributed by atoms with Gasteiger partial charge >= 0.3 is 0 Å². The largest absolute Gasteiger partial charge is 0.353 e. The summed E-state index contributed by atoms with van der Waals surface area (Å²) in [5.41, 5.74) is 11.7. The number of aromatic amines is 3. The summed E-state index contributed by atoms with van der Waals surface area (Å²) in [5.74, 6) is 0.567. The van der Waals surface area contributed by atoms with Crippen LogP contribution in [-0.4, -0.2) is 38.2 Å². The second kappa shape index (κ2) is 7.06. The number of hydrogen-bond acceptors (Lipinski definition) is 6. The van der Waals surface area contributed by atoms with Gasteiger partial charge in [-0.25, -0.2) is 0 Å².